The van der Waals surface area contributed by atoms with E-state index in [0.717, 1.165) is 73.9 Å². The highest BCUT2D eigenvalue weighted by molar-refractivity contribution is 8.13. The van der Waals surface area contributed by atoms with E-state index in [1.807, 2.05) is 6.92 Å². The van der Waals surface area contributed by atoms with Gasteiger partial charge in [-0.3, -0.25) is 37.3 Å². The normalized spacial score (nSPS) is 21.3. The average Bonchev–Trinajstić information content (AvgIpc) is 3.79. The van der Waals surface area contributed by atoms with Crippen LogP contribution in [0.15, 0.2) is 12.7 Å². The van der Waals surface area contributed by atoms with Crippen LogP contribution in [0, 0.1) is 23.2 Å². The van der Waals surface area contributed by atoms with Crippen LogP contribution in [0.1, 0.15) is 105 Å². The Kier molecular flexibility index (Phi) is 23.6. The summed E-state index contributed by atoms with van der Waals surface area (Å²) in [6, 6.07) is 0. The number of aliphatic hydroxyl groups is 2. The first kappa shape index (κ1) is 59.3. The number of aliphatic hydroxyl groups excluding tert-OH is 2. The van der Waals surface area contributed by atoms with Crippen molar-refractivity contribution in [3.63, 3.8) is 0 Å². The molecule has 3 heterocycles. The van der Waals surface area contributed by atoms with Crippen molar-refractivity contribution in [2.75, 3.05) is 37.8 Å². The van der Waals surface area contributed by atoms with Crippen molar-refractivity contribution in [3.8, 4) is 0 Å². The van der Waals surface area contributed by atoms with Crippen LogP contribution >= 0.6 is 35.2 Å². The average molecular weight is 1050 g/mol. The number of aliphatic carboxylic acids is 1. The molecule has 0 bridgehead atoms. The van der Waals surface area contributed by atoms with Crippen molar-refractivity contribution < 1.29 is 90.4 Å². The minimum Gasteiger partial charge on any atom is -0.481 e. The lowest BCUT2D eigenvalue weighted by atomic mass is 9.87. The van der Waals surface area contributed by atoms with Gasteiger partial charge in [0, 0.05) is 43.5 Å². The molecular formula is C38H66N7O19P3S. The maximum atomic E-state index is 12.7. The molecule has 3 rings (SSSR count). The third kappa shape index (κ3) is 20.8. The predicted molar refractivity (Wildman–Crippen MR) is 244 cm³/mol. The second-order valence-corrected chi connectivity index (χ2v) is 23.0. The molecular weight excluding hydrogens is 983 g/mol. The van der Waals surface area contributed by atoms with Crippen LogP contribution < -0.4 is 16.4 Å². The molecule has 26 nitrogen and oxygen atoms in total. The standard InChI is InChI=1S/C38H66N7O19P3S/c1-23(9-7-11-25(3)18-28(47)48)8-6-10-24(2)12-13-29(49)68-17-16-40-27(46)14-15-41-36(52)33(51)38(4,5)20-61-67(58,59)64-66(56,57)60-19-26-32(63-65(53,54)55)31(50)37(62-26)45-22-44-30-34(39)42-21-43-35(30)45/h21-26,31-33,37,50-51H,6-20H2,1-5H3,(H,40,46)(H,41,52)(H,47,48)(H,56,57)(H,58,59)(H2,39,42,43)(H2,53,54,55)/t23?,24?,25?,26-,31+,32-,33+,37-/m1/s1. The second-order valence-electron chi connectivity index (χ2n) is 17.6. The highest BCUT2D eigenvalue weighted by Crippen LogP contribution is 2.61. The number of thioether (sulfide) groups is 1. The number of carbonyl (C=O) groups excluding carboxylic acids is 3. The lowest BCUT2D eigenvalue weighted by Gasteiger charge is -2.30. The number of nitrogen functional groups attached to an aromatic ring is 1. The summed E-state index contributed by atoms with van der Waals surface area (Å²) in [5.74, 6) is -0.748. The van der Waals surface area contributed by atoms with Gasteiger partial charge in [0.15, 0.2) is 22.8 Å². The van der Waals surface area contributed by atoms with Crippen LogP contribution in [0.4, 0.5) is 5.82 Å². The molecule has 2 aromatic rings. The fourth-order valence-corrected chi connectivity index (χ4v) is 10.6. The quantitative estimate of drug-likeness (QED) is 0.0371. The summed E-state index contributed by atoms with van der Waals surface area (Å²) in [4.78, 5) is 99.4. The van der Waals surface area contributed by atoms with E-state index in [0.29, 0.717) is 24.0 Å². The van der Waals surface area contributed by atoms with Crippen molar-refractivity contribution in [1.29, 1.82) is 0 Å². The zero-order valence-corrected chi connectivity index (χ0v) is 42.0. The summed E-state index contributed by atoms with van der Waals surface area (Å²) in [6.07, 6.45) is 0.562. The first-order valence-electron chi connectivity index (χ1n) is 21.9. The van der Waals surface area contributed by atoms with Gasteiger partial charge in [0.05, 0.1) is 19.5 Å². The number of hydrogen-bond donors (Lipinski definition) is 10. The van der Waals surface area contributed by atoms with Gasteiger partial charge in [-0.1, -0.05) is 84.9 Å². The van der Waals surface area contributed by atoms with E-state index in [4.69, 9.17) is 24.6 Å². The summed E-state index contributed by atoms with van der Waals surface area (Å²) in [7, 11) is -16.4. The molecule has 5 unspecified atom stereocenters. The Labute approximate surface area is 397 Å². The zero-order valence-electron chi connectivity index (χ0n) is 38.5. The molecule has 2 aromatic heterocycles. The van der Waals surface area contributed by atoms with Crippen LogP contribution in [0.25, 0.3) is 11.2 Å². The maximum Gasteiger partial charge on any atom is 0.481 e. The van der Waals surface area contributed by atoms with E-state index < -0.39 is 90.5 Å². The van der Waals surface area contributed by atoms with Gasteiger partial charge >= 0.3 is 29.4 Å². The summed E-state index contributed by atoms with van der Waals surface area (Å²) >= 11 is 1.12. The van der Waals surface area contributed by atoms with Gasteiger partial charge in [0.25, 0.3) is 0 Å². The Bertz CT molecular complexity index is 2130. The monoisotopic (exact) mass is 1050 g/mol. The lowest BCUT2D eigenvalue weighted by Crippen LogP contribution is -2.46. The number of ether oxygens (including phenoxy) is 1. The molecule has 0 spiro atoms. The lowest BCUT2D eigenvalue weighted by molar-refractivity contribution is -0.138. The number of carboxylic acid groups (broad SMARTS) is 1. The number of imidazole rings is 1. The van der Waals surface area contributed by atoms with Gasteiger partial charge in [0.2, 0.25) is 11.8 Å². The van der Waals surface area contributed by atoms with Gasteiger partial charge in [-0.25, -0.2) is 28.6 Å². The number of nitrogens with zero attached hydrogens (tertiary/aromatic N) is 4. The van der Waals surface area contributed by atoms with Crippen LogP contribution in [0.3, 0.4) is 0 Å². The number of nitrogens with one attached hydrogen (secondary N) is 2. The predicted octanol–water partition coefficient (Wildman–Crippen LogP) is 3.17. The molecule has 1 aliphatic heterocycles. The van der Waals surface area contributed by atoms with Gasteiger partial charge in [-0.15, -0.1) is 0 Å². The van der Waals surface area contributed by atoms with E-state index in [2.05, 4.69) is 48.3 Å². The molecule has 1 aliphatic rings. The zero-order chi connectivity index (χ0) is 51.0. The molecule has 11 N–H and O–H groups in total. The number of carboxylic acids is 1. The summed E-state index contributed by atoms with van der Waals surface area (Å²) in [5.41, 5.74) is 4.25. The van der Waals surface area contributed by atoms with E-state index in [9.17, 15) is 62.7 Å². The smallest absolute Gasteiger partial charge is 0.481 e. The summed E-state index contributed by atoms with van der Waals surface area (Å²) in [6.45, 7) is 6.77. The topological polar surface area (TPSA) is 401 Å². The van der Waals surface area contributed by atoms with Crippen LogP contribution in [0.2, 0.25) is 0 Å². The van der Waals surface area contributed by atoms with Gasteiger partial charge in [-0.2, -0.15) is 4.31 Å². The minimum atomic E-state index is -5.59. The molecule has 30 heteroatoms. The fraction of sp³-hybridized carbons (Fsp3) is 0.763. The number of aromatic nitrogens is 4. The number of phosphoric acid groups is 3. The van der Waals surface area contributed by atoms with Crippen molar-refractivity contribution in [2.24, 2.45) is 23.2 Å². The van der Waals surface area contributed by atoms with E-state index in [1.165, 1.54) is 13.8 Å². The minimum absolute atomic E-state index is 0.0203. The Morgan fingerprint density at radius 1 is 0.897 bits per heavy atom. The molecule has 388 valence electrons. The number of amides is 2. The number of anilines is 1. The van der Waals surface area contributed by atoms with Gasteiger partial charge in [-0.05, 0) is 24.2 Å². The summed E-state index contributed by atoms with van der Waals surface area (Å²) in [5, 5.41) is 35.5. The number of hydrogen-bond acceptors (Lipinski definition) is 19. The summed E-state index contributed by atoms with van der Waals surface area (Å²) < 4.78 is 62.4. The van der Waals surface area contributed by atoms with Crippen LogP contribution in [-0.2, 0) is 55.5 Å². The maximum absolute atomic E-state index is 12.7. The van der Waals surface area contributed by atoms with Crippen LogP contribution in [0.5, 0.6) is 0 Å². The van der Waals surface area contributed by atoms with Gasteiger partial charge in [0.1, 0.15) is 36.3 Å². The largest absolute Gasteiger partial charge is 0.481 e. The Balaban J connectivity index is 1.33. The first-order chi connectivity index (χ1) is 31.6. The molecule has 0 radical (unpaired) electrons. The molecule has 10 atom stereocenters. The second kappa shape index (κ2) is 27.0. The molecule has 68 heavy (non-hydrogen) atoms. The third-order valence-electron chi connectivity index (χ3n) is 10.9. The van der Waals surface area contributed by atoms with E-state index in [1.54, 1.807) is 0 Å². The molecule has 1 saturated heterocycles. The Hall–Kier alpha value is -2.97. The number of phosphoric ester groups is 3. The van der Waals surface area contributed by atoms with E-state index >= 15 is 0 Å². The third-order valence-corrected chi connectivity index (χ3v) is 15.0. The number of nitrogens with two attached hydrogens (primary N) is 1. The molecule has 0 saturated carbocycles. The number of rotatable bonds is 32. The van der Waals surface area contributed by atoms with Gasteiger partial charge < -0.3 is 56.0 Å². The highest BCUT2D eigenvalue weighted by atomic mass is 32.2. The molecule has 2 amide bonds. The Morgan fingerprint density at radius 2 is 1.51 bits per heavy atom. The Morgan fingerprint density at radius 3 is 2.15 bits per heavy atom. The van der Waals surface area contributed by atoms with Crippen LogP contribution in [-0.4, -0.2) is 134 Å². The van der Waals surface area contributed by atoms with Crippen molar-refractivity contribution in [3.05, 3.63) is 12.7 Å². The van der Waals surface area contributed by atoms with E-state index in [-0.39, 0.29) is 53.9 Å². The molecule has 0 aromatic carbocycles. The molecule has 1 fully saturated rings. The van der Waals surface area contributed by atoms with Crippen molar-refractivity contribution >= 4 is 75.1 Å². The first-order valence-corrected chi connectivity index (χ1v) is 27.4. The number of carbonyl (C=O) groups is 4. The fourth-order valence-electron chi connectivity index (χ4n) is 7.05. The number of fused-ring (bicyclic) bond motifs is 1. The molecule has 0 aliphatic carbocycles. The SMILES string of the molecule is CC(CCCC(C)CCC(=O)SCCNC(=O)CCNC(=O)[C@H](O)C(C)(C)COP(=O)(O)OP(=O)(O)OC[C@H]1O[C@@H](n2cnc3c(N)ncnc32)[C@@H](O)[C@@H]1OP(=O)(O)O)CCCC(C)CC(=O)O. The van der Waals surface area contributed by atoms with Crippen molar-refractivity contribution in [2.45, 2.75) is 129 Å². The van der Waals surface area contributed by atoms with Crippen molar-refractivity contribution in [1.82, 2.24) is 30.2 Å². The highest BCUT2D eigenvalue weighted by Gasteiger charge is 2.50.